The van der Waals surface area contributed by atoms with Gasteiger partial charge < -0.3 is 19.3 Å². The van der Waals surface area contributed by atoms with E-state index >= 15 is 0 Å². The summed E-state index contributed by atoms with van der Waals surface area (Å²) in [6.45, 7) is 7.21. The Bertz CT molecular complexity index is 1210. The number of piperidine rings is 1. The van der Waals surface area contributed by atoms with Gasteiger partial charge in [0.25, 0.3) is 5.91 Å². The Morgan fingerprint density at radius 1 is 0.973 bits per heavy atom. The van der Waals surface area contributed by atoms with Crippen LogP contribution < -0.4 is 9.64 Å². The molecule has 0 saturated carbocycles. The van der Waals surface area contributed by atoms with E-state index in [-0.39, 0.29) is 23.7 Å². The van der Waals surface area contributed by atoms with Gasteiger partial charge in [-0.15, -0.1) is 0 Å². The number of amides is 2. The molecule has 0 aromatic heterocycles. The quantitative estimate of drug-likeness (QED) is 0.366. The predicted octanol–water partition coefficient (Wildman–Crippen LogP) is 6.91. The standard InChI is InChI=1S/C30H33FN2O4/c1-30(2,3)37-29(35)32-18-8-9-22(20-32)21-33(25-11-5-4-6-12-25)28(34)23-10-7-13-27(19-23)36-26-16-14-24(31)15-17-26/h4-7,10-17,19,22H,8-9,18,20-21H2,1-3H3. The van der Waals surface area contributed by atoms with Gasteiger partial charge in [-0.1, -0.05) is 24.3 Å². The van der Waals surface area contributed by atoms with Gasteiger partial charge in [0.2, 0.25) is 0 Å². The van der Waals surface area contributed by atoms with E-state index in [2.05, 4.69) is 0 Å². The van der Waals surface area contributed by atoms with Gasteiger partial charge in [0, 0.05) is 30.9 Å². The highest BCUT2D eigenvalue weighted by Crippen LogP contribution is 2.27. The maximum absolute atomic E-state index is 13.8. The molecule has 0 aliphatic carbocycles. The van der Waals surface area contributed by atoms with Crippen molar-refractivity contribution in [2.24, 2.45) is 5.92 Å². The molecule has 1 aliphatic heterocycles. The zero-order valence-electron chi connectivity index (χ0n) is 21.5. The number of rotatable bonds is 6. The van der Waals surface area contributed by atoms with E-state index in [4.69, 9.17) is 9.47 Å². The van der Waals surface area contributed by atoms with Crippen LogP contribution in [0.4, 0.5) is 14.9 Å². The van der Waals surface area contributed by atoms with Crippen LogP contribution in [0, 0.1) is 11.7 Å². The predicted molar refractivity (Wildman–Crippen MR) is 142 cm³/mol. The SMILES string of the molecule is CC(C)(C)OC(=O)N1CCCC(CN(C(=O)c2cccc(Oc3ccc(F)cc3)c2)c2ccccc2)C1. The molecular formula is C30H33FN2O4. The molecule has 0 radical (unpaired) electrons. The van der Waals surface area contributed by atoms with Crippen LogP contribution in [0.2, 0.25) is 0 Å². The fourth-order valence-corrected chi connectivity index (χ4v) is 4.37. The van der Waals surface area contributed by atoms with Crippen LogP contribution in [0.15, 0.2) is 78.9 Å². The molecule has 194 valence electrons. The molecule has 1 fully saturated rings. The van der Waals surface area contributed by atoms with Crippen LogP contribution in [0.5, 0.6) is 11.5 Å². The first-order chi connectivity index (χ1) is 17.7. The Hall–Kier alpha value is -3.87. The van der Waals surface area contributed by atoms with Gasteiger partial charge in [-0.25, -0.2) is 9.18 Å². The van der Waals surface area contributed by atoms with Crippen LogP contribution >= 0.6 is 0 Å². The molecule has 1 heterocycles. The third-order valence-corrected chi connectivity index (χ3v) is 6.05. The third kappa shape index (κ3) is 7.32. The van der Waals surface area contributed by atoms with E-state index in [1.54, 1.807) is 46.2 Å². The number of hydrogen-bond donors (Lipinski definition) is 0. The molecule has 7 heteroatoms. The van der Waals surface area contributed by atoms with Crippen molar-refractivity contribution in [1.29, 1.82) is 0 Å². The second-order valence-corrected chi connectivity index (χ2v) is 10.3. The number of halogens is 1. The number of anilines is 1. The van der Waals surface area contributed by atoms with Gasteiger partial charge in [0.15, 0.2) is 0 Å². The van der Waals surface area contributed by atoms with Gasteiger partial charge in [0.05, 0.1) is 0 Å². The van der Waals surface area contributed by atoms with E-state index in [1.807, 2.05) is 51.1 Å². The third-order valence-electron chi connectivity index (χ3n) is 6.05. The monoisotopic (exact) mass is 504 g/mol. The summed E-state index contributed by atoms with van der Waals surface area (Å²) in [7, 11) is 0. The summed E-state index contributed by atoms with van der Waals surface area (Å²) in [6, 6.07) is 22.2. The zero-order chi connectivity index (χ0) is 26.4. The molecule has 1 saturated heterocycles. The number of carbonyl (C=O) groups excluding carboxylic acids is 2. The summed E-state index contributed by atoms with van der Waals surface area (Å²) in [5, 5.41) is 0. The Morgan fingerprint density at radius 3 is 2.41 bits per heavy atom. The summed E-state index contributed by atoms with van der Waals surface area (Å²) < 4.78 is 24.7. The van der Waals surface area contributed by atoms with Crippen molar-refractivity contribution in [3.63, 3.8) is 0 Å². The first-order valence-corrected chi connectivity index (χ1v) is 12.6. The second-order valence-electron chi connectivity index (χ2n) is 10.3. The summed E-state index contributed by atoms with van der Waals surface area (Å²) in [6.07, 6.45) is 1.44. The number of hydrogen-bond acceptors (Lipinski definition) is 4. The van der Waals surface area contributed by atoms with Gasteiger partial charge >= 0.3 is 6.09 Å². The van der Waals surface area contributed by atoms with E-state index in [1.165, 1.54) is 12.1 Å². The van der Waals surface area contributed by atoms with Crippen molar-refractivity contribution in [1.82, 2.24) is 4.90 Å². The first-order valence-electron chi connectivity index (χ1n) is 12.6. The molecule has 0 N–H and O–H groups in total. The minimum Gasteiger partial charge on any atom is -0.457 e. The number of carbonyl (C=O) groups is 2. The molecule has 1 aliphatic rings. The van der Waals surface area contributed by atoms with Crippen LogP contribution in [0.25, 0.3) is 0 Å². The Balaban J connectivity index is 1.52. The molecule has 4 rings (SSSR count). The number of ether oxygens (including phenoxy) is 2. The maximum Gasteiger partial charge on any atom is 0.410 e. The highest BCUT2D eigenvalue weighted by Gasteiger charge is 2.30. The van der Waals surface area contributed by atoms with Crippen LogP contribution in [0.1, 0.15) is 44.0 Å². The molecule has 0 spiro atoms. The van der Waals surface area contributed by atoms with E-state index in [0.29, 0.717) is 36.7 Å². The zero-order valence-corrected chi connectivity index (χ0v) is 21.5. The lowest BCUT2D eigenvalue weighted by molar-refractivity contribution is 0.0170. The fraction of sp³-hybridized carbons (Fsp3) is 0.333. The Labute approximate surface area is 217 Å². The van der Waals surface area contributed by atoms with Crippen molar-refractivity contribution in [3.05, 3.63) is 90.2 Å². The minimum atomic E-state index is -0.558. The highest BCUT2D eigenvalue weighted by molar-refractivity contribution is 6.06. The van der Waals surface area contributed by atoms with Crippen LogP contribution in [-0.4, -0.2) is 42.1 Å². The van der Waals surface area contributed by atoms with E-state index in [9.17, 15) is 14.0 Å². The van der Waals surface area contributed by atoms with Crippen LogP contribution in [-0.2, 0) is 4.74 Å². The first kappa shape index (κ1) is 26.2. The smallest absolute Gasteiger partial charge is 0.410 e. The van der Waals surface area contributed by atoms with Crippen molar-refractivity contribution >= 4 is 17.7 Å². The molecule has 1 unspecified atom stereocenters. The van der Waals surface area contributed by atoms with Gasteiger partial charge in [-0.05, 0) is 94.1 Å². The topological polar surface area (TPSA) is 59.1 Å². The molecule has 3 aromatic carbocycles. The average molecular weight is 505 g/mol. The Kier molecular flexibility index (Phi) is 8.11. The Morgan fingerprint density at radius 2 is 1.70 bits per heavy atom. The van der Waals surface area contributed by atoms with Crippen molar-refractivity contribution < 1.29 is 23.5 Å². The van der Waals surface area contributed by atoms with Crippen molar-refractivity contribution in [2.75, 3.05) is 24.5 Å². The molecule has 37 heavy (non-hydrogen) atoms. The van der Waals surface area contributed by atoms with E-state index in [0.717, 1.165) is 18.5 Å². The average Bonchev–Trinajstić information content (AvgIpc) is 2.88. The summed E-state index contributed by atoms with van der Waals surface area (Å²) in [4.78, 5) is 30.0. The lowest BCUT2D eigenvalue weighted by Gasteiger charge is -2.36. The highest BCUT2D eigenvalue weighted by atomic mass is 19.1. The second kappa shape index (κ2) is 11.5. The van der Waals surface area contributed by atoms with Crippen molar-refractivity contribution in [2.45, 2.75) is 39.2 Å². The largest absolute Gasteiger partial charge is 0.457 e. The fourth-order valence-electron chi connectivity index (χ4n) is 4.37. The van der Waals surface area contributed by atoms with Gasteiger partial charge in [0.1, 0.15) is 22.9 Å². The minimum absolute atomic E-state index is 0.101. The summed E-state index contributed by atoms with van der Waals surface area (Å²) in [5.74, 6) is 0.562. The number of benzene rings is 3. The molecule has 1 atom stereocenters. The summed E-state index contributed by atoms with van der Waals surface area (Å²) >= 11 is 0. The lowest BCUT2D eigenvalue weighted by atomic mass is 9.97. The van der Waals surface area contributed by atoms with Crippen molar-refractivity contribution in [3.8, 4) is 11.5 Å². The number of para-hydroxylation sites is 1. The van der Waals surface area contributed by atoms with Gasteiger partial charge in [-0.3, -0.25) is 4.79 Å². The van der Waals surface area contributed by atoms with E-state index < -0.39 is 5.60 Å². The number of likely N-dealkylation sites (tertiary alicyclic amines) is 1. The lowest BCUT2D eigenvalue weighted by Crippen LogP contribution is -2.46. The molecule has 3 aromatic rings. The van der Waals surface area contributed by atoms with Gasteiger partial charge in [-0.2, -0.15) is 0 Å². The molecular weight excluding hydrogens is 471 g/mol. The number of nitrogens with zero attached hydrogens (tertiary/aromatic N) is 2. The maximum atomic E-state index is 13.8. The molecule has 0 bridgehead atoms. The molecule has 2 amide bonds. The molecule has 6 nitrogen and oxygen atoms in total. The normalized spacial score (nSPS) is 15.7. The van der Waals surface area contributed by atoms with Crippen LogP contribution in [0.3, 0.4) is 0 Å². The summed E-state index contributed by atoms with van der Waals surface area (Å²) in [5.41, 5.74) is 0.701.